The monoisotopic (exact) mass is 573 g/mol. The first kappa shape index (κ1) is 27.0. The van der Waals surface area contributed by atoms with Crippen molar-refractivity contribution in [2.45, 2.75) is 17.4 Å². The SMILES string of the molecule is O=C(O)Nc1ccc(-n2ccnc2C(Cc2ccccc2)NC(=O)NS(=O)(=O)c2cccc(Cl)c2Cl)cc1. The van der Waals surface area contributed by atoms with Crippen molar-refractivity contribution in [3.8, 4) is 5.69 Å². The number of carbonyl (C=O) groups excluding carboxylic acids is 1. The molecule has 0 aliphatic heterocycles. The molecule has 0 fully saturated rings. The van der Waals surface area contributed by atoms with Crippen molar-refractivity contribution in [1.29, 1.82) is 0 Å². The van der Waals surface area contributed by atoms with E-state index in [2.05, 4.69) is 15.6 Å². The first-order valence-corrected chi connectivity index (χ1v) is 13.3. The normalized spacial score (nSPS) is 11.9. The molecule has 4 N–H and O–H groups in total. The fourth-order valence-corrected chi connectivity index (χ4v) is 5.41. The van der Waals surface area contributed by atoms with Gasteiger partial charge in [-0.25, -0.2) is 27.7 Å². The minimum atomic E-state index is -4.34. The molecule has 13 heteroatoms. The van der Waals surface area contributed by atoms with Gasteiger partial charge in [0.15, 0.2) is 0 Å². The van der Waals surface area contributed by atoms with Gasteiger partial charge in [0, 0.05) is 23.8 Å². The van der Waals surface area contributed by atoms with Crippen LogP contribution in [0.4, 0.5) is 15.3 Å². The number of halogens is 2. The number of nitrogens with zero attached hydrogens (tertiary/aromatic N) is 2. The number of hydrogen-bond acceptors (Lipinski definition) is 5. The zero-order valence-electron chi connectivity index (χ0n) is 19.5. The van der Waals surface area contributed by atoms with E-state index in [4.69, 9.17) is 28.3 Å². The Labute approximate surface area is 228 Å². The number of anilines is 1. The maximum atomic E-state index is 12.9. The van der Waals surface area contributed by atoms with E-state index in [1.54, 1.807) is 41.2 Å². The Balaban J connectivity index is 1.62. The summed E-state index contributed by atoms with van der Waals surface area (Å²) in [6.07, 6.45) is 2.32. The molecule has 4 rings (SSSR count). The van der Waals surface area contributed by atoms with Crippen LogP contribution in [-0.2, 0) is 16.4 Å². The molecule has 196 valence electrons. The lowest BCUT2D eigenvalue weighted by Crippen LogP contribution is -2.42. The van der Waals surface area contributed by atoms with E-state index in [1.165, 1.54) is 18.2 Å². The number of amides is 3. The van der Waals surface area contributed by atoms with E-state index in [0.29, 0.717) is 23.6 Å². The molecule has 0 aliphatic carbocycles. The van der Waals surface area contributed by atoms with E-state index in [0.717, 1.165) is 5.56 Å². The Morgan fingerprint density at radius 1 is 0.974 bits per heavy atom. The number of imidazole rings is 1. The number of nitrogens with one attached hydrogen (secondary N) is 3. The number of hydrogen-bond donors (Lipinski definition) is 4. The Bertz CT molecular complexity index is 1560. The summed E-state index contributed by atoms with van der Waals surface area (Å²) in [7, 11) is -4.34. The number of rotatable bonds is 8. The largest absolute Gasteiger partial charge is 0.465 e. The summed E-state index contributed by atoms with van der Waals surface area (Å²) < 4.78 is 29.4. The maximum Gasteiger partial charge on any atom is 0.409 e. The minimum Gasteiger partial charge on any atom is -0.465 e. The highest BCUT2D eigenvalue weighted by Gasteiger charge is 2.26. The van der Waals surface area contributed by atoms with Gasteiger partial charge in [0.1, 0.15) is 10.7 Å². The van der Waals surface area contributed by atoms with Gasteiger partial charge in [-0.05, 0) is 48.4 Å². The smallest absolute Gasteiger partial charge is 0.409 e. The van der Waals surface area contributed by atoms with Crippen LogP contribution < -0.4 is 15.4 Å². The van der Waals surface area contributed by atoms with Crippen LogP contribution in [0.3, 0.4) is 0 Å². The zero-order valence-corrected chi connectivity index (χ0v) is 21.8. The standard InChI is InChI=1S/C25H21Cl2N5O5S/c26-19-7-4-8-21(22(19)27)38(36,37)31-24(33)30-20(15-16-5-2-1-3-6-16)23-28-13-14-32(23)18-11-9-17(10-12-18)29-25(34)35/h1-14,20,29H,15H2,(H,34,35)(H2,30,31,33). The summed E-state index contributed by atoms with van der Waals surface area (Å²) in [5, 5.41) is 13.7. The van der Waals surface area contributed by atoms with Gasteiger partial charge in [-0.2, -0.15) is 0 Å². The van der Waals surface area contributed by atoms with Crippen LogP contribution in [0.25, 0.3) is 5.69 Å². The predicted molar refractivity (Wildman–Crippen MR) is 143 cm³/mol. The van der Waals surface area contributed by atoms with Crippen molar-refractivity contribution >= 4 is 51.0 Å². The van der Waals surface area contributed by atoms with Gasteiger partial charge in [-0.3, -0.25) is 5.32 Å². The third-order valence-corrected chi connectivity index (χ3v) is 7.70. The van der Waals surface area contributed by atoms with Gasteiger partial charge in [0.2, 0.25) is 0 Å². The van der Waals surface area contributed by atoms with Crippen LogP contribution in [0.1, 0.15) is 17.4 Å². The second-order valence-electron chi connectivity index (χ2n) is 8.01. The van der Waals surface area contributed by atoms with Gasteiger partial charge < -0.3 is 15.0 Å². The fraction of sp³-hybridized carbons (Fsp3) is 0.0800. The van der Waals surface area contributed by atoms with E-state index < -0.39 is 28.2 Å². The van der Waals surface area contributed by atoms with Gasteiger partial charge in [-0.1, -0.05) is 59.6 Å². The molecule has 3 aromatic carbocycles. The van der Waals surface area contributed by atoms with Gasteiger partial charge in [-0.15, -0.1) is 0 Å². The second-order valence-corrected chi connectivity index (χ2v) is 10.4. The third-order valence-electron chi connectivity index (χ3n) is 5.40. The summed E-state index contributed by atoms with van der Waals surface area (Å²) in [5.41, 5.74) is 1.90. The van der Waals surface area contributed by atoms with Crippen molar-refractivity contribution in [3.05, 3.63) is 107 Å². The minimum absolute atomic E-state index is 0.0310. The summed E-state index contributed by atoms with van der Waals surface area (Å²) in [4.78, 5) is 27.9. The van der Waals surface area contributed by atoms with Crippen molar-refractivity contribution in [1.82, 2.24) is 19.6 Å². The molecule has 10 nitrogen and oxygen atoms in total. The summed E-state index contributed by atoms with van der Waals surface area (Å²) >= 11 is 12.0. The molecular formula is C25H21Cl2N5O5S. The quantitative estimate of drug-likeness (QED) is 0.227. The highest BCUT2D eigenvalue weighted by atomic mass is 35.5. The average molecular weight is 574 g/mol. The van der Waals surface area contributed by atoms with Crippen LogP contribution in [-0.4, -0.2) is 35.2 Å². The van der Waals surface area contributed by atoms with Crippen molar-refractivity contribution < 1.29 is 23.1 Å². The molecule has 1 atom stereocenters. The maximum absolute atomic E-state index is 12.9. The van der Waals surface area contributed by atoms with Gasteiger partial charge >= 0.3 is 12.1 Å². The number of carbonyl (C=O) groups is 2. The van der Waals surface area contributed by atoms with Crippen molar-refractivity contribution in [2.24, 2.45) is 0 Å². The van der Waals surface area contributed by atoms with E-state index >= 15 is 0 Å². The van der Waals surface area contributed by atoms with Crippen LogP contribution in [0, 0.1) is 0 Å². The van der Waals surface area contributed by atoms with E-state index in [-0.39, 0.29) is 14.9 Å². The molecule has 1 aromatic heterocycles. The summed E-state index contributed by atoms with van der Waals surface area (Å²) in [5.74, 6) is 0.418. The third kappa shape index (κ3) is 6.43. The van der Waals surface area contributed by atoms with Crippen LogP contribution in [0.5, 0.6) is 0 Å². The second kappa shape index (κ2) is 11.5. The predicted octanol–water partition coefficient (Wildman–Crippen LogP) is 5.24. The number of sulfonamides is 1. The number of urea groups is 1. The van der Waals surface area contributed by atoms with Crippen molar-refractivity contribution in [3.63, 3.8) is 0 Å². The first-order chi connectivity index (χ1) is 18.1. The van der Waals surface area contributed by atoms with E-state index in [9.17, 15) is 18.0 Å². The molecule has 4 aromatic rings. The molecule has 0 spiro atoms. The lowest BCUT2D eigenvalue weighted by molar-refractivity contribution is 0.209. The molecule has 0 bridgehead atoms. The topological polar surface area (TPSA) is 142 Å². The Morgan fingerprint density at radius 3 is 2.37 bits per heavy atom. The van der Waals surface area contributed by atoms with Gasteiger partial charge in [0.05, 0.1) is 16.1 Å². The molecule has 38 heavy (non-hydrogen) atoms. The Hall–Kier alpha value is -4.06. The lowest BCUT2D eigenvalue weighted by atomic mass is 10.1. The average Bonchev–Trinajstić information content (AvgIpc) is 3.35. The highest BCUT2D eigenvalue weighted by Crippen LogP contribution is 2.29. The molecule has 3 amide bonds. The number of benzene rings is 3. The molecule has 0 saturated heterocycles. The molecular weight excluding hydrogens is 553 g/mol. The molecule has 0 radical (unpaired) electrons. The number of aromatic nitrogens is 2. The van der Waals surface area contributed by atoms with Crippen LogP contribution in [0.2, 0.25) is 10.0 Å². The molecule has 0 aliphatic rings. The van der Waals surface area contributed by atoms with Gasteiger partial charge in [0.25, 0.3) is 10.0 Å². The van der Waals surface area contributed by atoms with E-state index in [1.807, 2.05) is 35.1 Å². The highest BCUT2D eigenvalue weighted by molar-refractivity contribution is 7.90. The fourth-order valence-electron chi connectivity index (χ4n) is 3.73. The van der Waals surface area contributed by atoms with Crippen LogP contribution in [0.15, 0.2) is 90.1 Å². The zero-order chi connectivity index (χ0) is 27.3. The lowest BCUT2D eigenvalue weighted by Gasteiger charge is -2.21. The van der Waals surface area contributed by atoms with Crippen molar-refractivity contribution in [2.75, 3.05) is 5.32 Å². The molecule has 1 unspecified atom stereocenters. The van der Waals surface area contributed by atoms with Crippen LogP contribution >= 0.6 is 23.2 Å². The Morgan fingerprint density at radius 2 is 1.68 bits per heavy atom. The first-order valence-electron chi connectivity index (χ1n) is 11.1. The Kier molecular flexibility index (Phi) is 8.20. The molecule has 1 heterocycles. The summed E-state index contributed by atoms with van der Waals surface area (Å²) in [6.45, 7) is 0. The number of carboxylic acid groups (broad SMARTS) is 1. The summed E-state index contributed by atoms with van der Waals surface area (Å²) in [6, 6.07) is 18.2. The molecule has 0 saturated carbocycles.